The molecule has 4 aromatic rings. The highest BCUT2D eigenvalue weighted by Gasteiger charge is 2.46. The number of aliphatic carboxylic acids is 2. The quantitative estimate of drug-likeness (QED) is 0.0577. The molecule has 0 aliphatic carbocycles. The smallest absolute Gasteiger partial charge is 0.345 e. The van der Waals surface area contributed by atoms with Crippen LogP contribution in [0.5, 0.6) is 46.0 Å². The summed E-state index contributed by atoms with van der Waals surface area (Å²) in [7, 11) is 0. The van der Waals surface area contributed by atoms with Crippen LogP contribution in [-0.4, -0.2) is 82.0 Å². The lowest BCUT2D eigenvalue weighted by atomic mass is 9.86. The van der Waals surface area contributed by atoms with E-state index in [9.17, 15) is 65.1 Å². The maximum Gasteiger partial charge on any atom is 0.345 e. The number of esters is 2. The van der Waals surface area contributed by atoms with Crippen molar-refractivity contribution in [3.63, 3.8) is 0 Å². The van der Waals surface area contributed by atoms with Crippen LogP contribution in [0.4, 0.5) is 0 Å². The van der Waals surface area contributed by atoms with Gasteiger partial charge in [-0.2, -0.15) is 0 Å². The van der Waals surface area contributed by atoms with Crippen molar-refractivity contribution < 1.29 is 79.3 Å². The SMILES string of the molecule is O=C(C=Cc1ccc(O)c(O)c1)O[C@H](Cc1ccc(O)c2c1[C@H](C(=O)O[C@H](Cc1ccc(O)c(O)c1)C(=O)O)[C@@H](c1ccc(O)c(O)c1)O2)C(=O)O. The molecule has 270 valence electrons. The molecular weight excluding hydrogens is 688 g/mol. The molecule has 0 saturated carbocycles. The van der Waals surface area contributed by atoms with Gasteiger partial charge in [0.15, 0.2) is 46.0 Å². The molecule has 9 N–H and O–H groups in total. The summed E-state index contributed by atoms with van der Waals surface area (Å²) in [5, 5.41) is 89.4. The van der Waals surface area contributed by atoms with Gasteiger partial charge >= 0.3 is 23.9 Å². The van der Waals surface area contributed by atoms with Crippen LogP contribution in [0.3, 0.4) is 0 Å². The van der Waals surface area contributed by atoms with E-state index in [1.807, 2.05) is 0 Å². The van der Waals surface area contributed by atoms with Crippen molar-refractivity contribution in [3.05, 3.63) is 101 Å². The Morgan fingerprint density at radius 3 is 1.85 bits per heavy atom. The molecule has 0 aromatic heterocycles. The first-order valence-electron chi connectivity index (χ1n) is 15.2. The van der Waals surface area contributed by atoms with Gasteiger partial charge in [-0.1, -0.05) is 24.3 Å². The van der Waals surface area contributed by atoms with Gasteiger partial charge in [-0.05, 0) is 70.8 Å². The number of phenolic OH excluding ortho intramolecular Hbond substituents is 7. The Labute approximate surface area is 292 Å². The molecule has 52 heavy (non-hydrogen) atoms. The second kappa shape index (κ2) is 14.8. The number of carbonyl (C=O) groups excluding carboxylic acids is 2. The zero-order valence-electron chi connectivity index (χ0n) is 26.6. The monoisotopic (exact) mass is 718 g/mol. The Balaban J connectivity index is 1.49. The third-order valence-corrected chi connectivity index (χ3v) is 8.05. The Bertz CT molecular complexity index is 2090. The molecule has 4 atom stereocenters. The molecule has 1 aliphatic heterocycles. The first-order valence-corrected chi connectivity index (χ1v) is 15.2. The van der Waals surface area contributed by atoms with E-state index in [0.717, 1.165) is 42.5 Å². The fraction of sp³-hybridized carbons (Fsp3) is 0.167. The molecule has 5 rings (SSSR count). The summed E-state index contributed by atoms with van der Waals surface area (Å²) in [6.07, 6.45) is -4.21. The maximum absolute atomic E-state index is 14.0. The minimum atomic E-state index is -1.89. The van der Waals surface area contributed by atoms with Gasteiger partial charge in [-0.25, -0.2) is 14.4 Å². The largest absolute Gasteiger partial charge is 0.504 e. The molecule has 0 bridgehead atoms. The van der Waals surface area contributed by atoms with Crippen LogP contribution in [0.1, 0.15) is 39.8 Å². The predicted octanol–water partition coefficient (Wildman–Crippen LogP) is 3.33. The molecule has 1 aliphatic rings. The van der Waals surface area contributed by atoms with E-state index in [2.05, 4.69) is 0 Å². The first kappa shape index (κ1) is 36.2. The molecule has 0 spiro atoms. The third kappa shape index (κ3) is 7.86. The molecule has 0 saturated heterocycles. The van der Waals surface area contributed by atoms with E-state index >= 15 is 0 Å². The summed E-state index contributed by atoms with van der Waals surface area (Å²) < 4.78 is 16.6. The van der Waals surface area contributed by atoms with Crippen molar-refractivity contribution >= 4 is 30.0 Å². The highest BCUT2D eigenvalue weighted by molar-refractivity contribution is 5.90. The van der Waals surface area contributed by atoms with Crippen LogP contribution >= 0.6 is 0 Å². The van der Waals surface area contributed by atoms with Gasteiger partial charge in [-0.3, -0.25) is 4.79 Å². The topological polar surface area (TPSA) is 278 Å². The molecule has 0 radical (unpaired) electrons. The van der Waals surface area contributed by atoms with Crippen LogP contribution in [-0.2, 0) is 41.5 Å². The second-order valence-electron chi connectivity index (χ2n) is 11.6. The van der Waals surface area contributed by atoms with Crippen molar-refractivity contribution in [2.24, 2.45) is 0 Å². The molecule has 0 amide bonds. The number of fused-ring (bicyclic) bond motifs is 1. The molecule has 1 heterocycles. The van der Waals surface area contributed by atoms with Crippen LogP contribution in [0.15, 0.2) is 72.8 Å². The lowest BCUT2D eigenvalue weighted by molar-refractivity contribution is -0.166. The molecular formula is C36H30O16. The van der Waals surface area contributed by atoms with E-state index in [1.165, 1.54) is 36.4 Å². The molecule has 16 heteroatoms. The molecule has 0 fully saturated rings. The van der Waals surface area contributed by atoms with Gasteiger partial charge in [-0.15, -0.1) is 0 Å². The Morgan fingerprint density at radius 2 is 1.23 bits per heavy atom. The lowest BCUT2D eigenvalue weighted by Gasteiger charge is -2.22. The fourth-order valence-electron chi connectivity index (χ4n) is 5.51. The van der Waals surface area contributed by atoms with E-state index in [4.69, 9.17) is 14.2 Å². The normalized spacial score (nSPS) is 16.0. The van der Waals surface area contributed by atoms with E-state index in [-0.39, 0.29) is 33.6 Å². The Morgan fingerprint density at radius 1 is 0.654 bits per heavy atom. The number of benzene rings is 4. The zero-order chi connectivity index (χ0) is 37.9. The molecule has 4 aromatic carbocycles. The van der Waals surface area contributed by atoms with Gasteiger partial charge in [0, 0.05) is 24.5 Å². The standard InChI is InChI=1S/C36H30O16/c37-20-6-1-16(11-24(20)41)3-10-29(44)50-28(35(47)48)15-18-4-9-23(40)33-30(18)31(32(52-33)19-5-8-22(39)26(43)14-19)36(49)51-27(34(45)46)13-17-2-7-21(38)25(42)12-17/h1-12,14,27-28,31-32,37-43H,13,15H2,(H,45,46)(H,47,48)/t27-,28-,31+,32-/m1/s1. The van der Waals surface area contributed by atoms with Gasteiger partial charge in [0.25, 0.3) is 0 Å². The molecule has 16 nitrogen and oxygen atoms in total. The van der Waals surface area contributed by atoms with Crippen molar-refractivity contribution in [2.45, 2.75) is 37.1 Å². The van der Waals surface area contributed by atoms with Crippen molar-refractivity contribution in [3.8, 4) is 46.0 Å². The highest BCUT2D eigenvalue weighted by Crippen LogP contribution is 2.53. The number of phenols is 7. The van der Waals surface area contributed by atoms with Gasteiger partial charge in [0.2, 0.25) is 12.2 Å². The summed E-state index contributed by atoms with van der Waals surface area (Å²) >= 11 is 0. The van der Waals surface area contributed by atoms with E-state index in [0.29, 0.717) is 0 Å². The Hall–Kier alpha value is -7.10. The average Bonchev–Trinajstić information content (AvgIpc) is 3.50. The number of carboxylic acid groups (broad SMARTS) is 2. The number of hydrogen-bond acceptors (Lipinski definition) is 14. The van der Waals surface area contributed by atoms with Gasteiger partial charge < -0.3 is 60.2 Å². The summed E-state index contributed by atoms with van der Waals surface area (Å²) in [4.78, 5) is 51.2. The fourth-order valence-corrected chi connectivity index (χ4v) is 5.51. The van der Waals surface area contributed by atoms with Crippen LogP contribution in [0, 0.1) is 0 Å². The predicted molar refractivity (Wildman–Crippen MR) is 175 cm³/mol. The van der Waals surface area contributed by atoms with Gasteiger partial charge in [0.1, 0.15) is 12.0 Å². The Kier molecular flexibility index (Phi) is 10.3. The summed E-state index contributed by atoms with van der Waals surface area (Å²) in [6.45, 7) is 0. The minimum absolute atomic E-state index is 0.00298. The van der Waals surface area contributed by atoms with Crippen molar-refractivity contribution in [1.29, 1.82) is 0 Å². The zero-order valence-corrected chi connectivity index (χ0v) is 26.6. The third-order valence-electron chi connectivity index (χ3n) is 8.05. The minimum Gasteiger partial charge on any atom is -0.504 e. The average molecular weight is 719 g/mol. The number of rotatable bonds is 12. The van der Waals surface area contributed by atoms with Gasteiger partial charge in [0.05, 0.1) is 0 Å². The van der Waals surface area contributed by atoms with Crippen LogP contribution < -0.4 is 4.74 Å². The van der Waals surface area contributed by atoms with Crippen molar-refractivity contribution in [2.75, 3.05) is 0 Å². The first-order chi connectivity index (χ1) is 24.6. The summed E-state index contributed by atoms with van der Waals surface area (Å²) in [6, 6.07) is 12.9. The number of hydrogen-bond donors (Lipinski definition) is 9. The number of carboxylic acids is 2. The summed E-state index contributed by atoms with van der Waals surface area (Å²) in [5.74, 6) is -11.1. The molecule has 0 unspecified atom stereocenters. The van der Waals surface area contributed by atoms with Crippen molar-refractivity contribution in [1.82, 2.24) is 0 Å². The number of ether oxygens (including phenoxy) is 3. The summed E-state index contributed by atoms with van der Waals surface area (Å²) in [5.41, 5.74) is 0.344. The van der Waals surface area contributed by atoms with E-state index in [1.54, 1.807) is 0 Å². The second-order valence-corrected chi connectivity index (χ2v) is 11.6. The van der Waals surface area contributed by atoms with Crippen LogP contribution in [0.2, 0.25) is 0 Å². The maximum atomic E-state index is 14.0. The number of aromatic hydroxyl groups is 7. The van der Waals surface area contributed by atoms with E-state index < -0.39 is 101 Å². The highest BCUT2D eigenvalue weighted by atomic mass is 16.6. The lowest BCUT2D eigenvalue weighted by Crippen LogP contribution is -2.33. The van der Waals surface area contributed by atoms with Crippen LogP contribution in [0.25, 0.3) is 6.08 Å². The number of carbonyl (C=O) groups is 4.